The molecule has 0 spiro atoms. The van der Waals surface area contributed by atoms with Crippen molar-refractivity contribution in [2.24, 2.45) is 7.05 Å². The number of hydrogen-bond donors (Lipinski definition) is 0. The third kappa shape index (κ3) is 7.15. The molecule has 0 aliphatic heterocycles. The molecular weight excluding hydrogens is 464 g/mol. The molecule has 1 heterocycles. The van der Waals surface area contributed by atoms with E-state index in [1.165, 1.54) is 9.13 Å². The fourth-order valence-electron chi connectivity index (χ4n) is 4.16. The minimum absolute atomic E-state index is 0.0812. The highest BCUT2D eigenvalue weighted by Crippen LogP contribution is 2.27. The number of benzene rings is 1. The molecule has 1 unspecified atom stereocenters. The number of aryl methyl sites for hydroxylation is 1. The molecule has 9 heteroatoms. The first-order valence-corrected chi connectivity index (χ1v) is 12.2. The monoisotopic (exact) mass is 498 g/mol. The van der Waals surface area contributed by atoms with Crippen LogP contribution in [-0.4, -0.2) is 58.7 Å². The molecule has 0 saturated heterocycles. The van der Waals surface area contributed by atoms with Gasteiger partial charge in [-0.3, -0.25) is 23.5 Å². The van der Waals surface area contributed by atoms with Gasteiger partial charge < -0.3 is 14.2 Å². The maximum absolute atomic E-state index is 13.0. The van der Waals surface area contributed by atoms with Crippen molar-refractivity contribution in [2.75, 3.05) is 26.4 Å². The van der Waals surface area contributed by atoms with E-state index in [2.05, 4.69) is 11.8 Å². The van der Waals surface area contributed by atoms with Crippen LogP contribution in [0.25, 0.3) is 11.0 Å². The number of Topliss-reactive ketones (excluding diaryl/α,β-unsaturated/α-hetero) is 2. The summed E-state index contributed by atoms with van der Waals surface area (Å²) in [4.78, 5) is 48.7. The minimum atomic E-state index is -0.630. The topological polar surface area (TPSA) is 106 Å². The van der Waals surface area contributed by atoms with Gasteiger partial charge >= 0.3 is 11.7 Å². The first kappa shape index (κ1) is 27.4. The highest BCUT2D eigenvalue weighted by molar-refractivity contribution is 6.03. The molecule has 0 N–H and O–H groups in total. The Morgan fingerprint density at radius 2 is 1.86 bits per heavy atom. The molecule has 1 saturated carbocycles. The maximum atomic E-state index is 13.0. The minimum Gasteiger partial charge on any atom is -0.460 e. The normalized spacial score (nSPS) is 16.2. The first-order valence-electron chi connectivity index (χ1n) is 12.2. The SMILES string of the molecule is Cn1c(=O)n(C2CCC(=O)CC2=O)c2cccc(C#CCOCCOCCCC(=O)OC(C)(C)C)c21. The van der Waals surface area contributed by atoms with Crippen LogP contribution in [0.15, 0.2) is 23.0 Å². The summed E-state index contributed by atoms with van der Waals surface area (Å²) in [5.74, 6) is 5.47. The molecule has 1 aliphatic carbocycles. The number of carbonyl (C=O) groups excluding carboxylic acids is 3. The van der Waals surface area contributed by atoms with Crippen LogP contribution < -0.4 is 5.69 Å². The molecule has 0 radical (unpaired) electrons. The number of esters is 1. The van der Waals surface area contributed by atoms with E-state index in [4.69, 9.17) is 14.2 Å². The lowest BCUT2D eigenvalue weighted by atomic mass is 9.92. The zero-order valence-electron chi connectivity index (χ0n) is 21.4. The fraction of sp³-hybridized carbons (Fsp3) is 0.556. The second-order valence-electron chi connectivity index (χ2n) is 9.78. The van der Waals surface area contributed by atoms with Crippen LogP contribution in [-0.2, 0) is 35.6 Å². The van der Waals surface area contributed by atoms with Crippen LogP contribution in [0.1, 0.15) is 64.5 Å². The number of aromatic nitrogens is 2. The number of carbonyl (C=O) groups is 3. The van der Waals surface area contributed by atoms with Gasteiger partial charge in [0.15, 0.2) is 5.78 Å². The van der Waals surface area contributed by atoms with E-state index >= 15 is 0 Å². The number of hydrogen-bond acceptors (Lipinski definition) is 7. The molecule has 3 rings (SSSR count). The Kier molecular flexibility index (Phi) is 9.24. The molecule has 36 heavy (non-hydrogen) atoms. The van der Waals surface area contributed by atoms with Crippen molar-refractivity contribution in [3.63, 3.8) is 0 Å². The summed E-state index contributed by atoms with van der Waals surface area (Å²) in [6.45, 7) is 6.90. The van der Waals surface area contributed by atoms with Gasteiger partial charge in [0.2, 0.25) is 0 Å². The van der Waals surface area contributed by atoms with Crippen molar-refractivity contribution >= 4 is 28.6 Å². The maximum Gasteiger partial charge on any atom is 0.329 e. The smallest absolute Gasteiger partial charge is 0.329 e. The molecule has 1 aliphatic rings. The summed E-state index contributed by atoms with van der Waals surface area (Å²) in [5.41, 5.74) is 1.16. The van der Waals surface area contributed by atoms with Gasteiger partial charge in [-0.1, -0.05) is 17.9 Å². The number of rotatable bonds is 9. The molecule has 1 fully saturated rings. The number of ether oxygens (including phenoxy) is 3. The van der Waals surface area contributed by atoms with Gasteiger partial charge in [-0.15, -0.1) is 0 Å². The lowest BCUT2D eigenvalue weighted by Crippen LogP contribution is -2.34. The Balaban J connectivity index is 1.50. The van der Waals surface area contributed by atoms with Crippen LogP contribution in [0.2, 0.25) is 0 Å². The molecule has 0 bridgehead atoms. The zero-order chi connectivity index (χ0) is 26.3. The van der Waals surface area contributed by atoms with E-state index in [-0.39, 0.29) is 36.3 Å². The number of ketones is 2. The summed E-state index contributed by atoms with van der Waals surface area (Å²) in [7, 11) is 1.65. The van der Waals surface area contributed by atoms with Gasteiger partial charge in [-0.25, -0.2) is 4.79 Å². The van der Waals surface area contributed by atoms with Crippen molar-refractivity contribution in [1.29, 1.82) is 0 Å². The second-order valence-corrected chi connectivity index (χ2v) is 9.78. The molecule has 0 amide bonds. The van der Waals surface area contributed by atoms with E-state index in [1.807, 2.05) is 26.8 Å². The van der Waals surface area contributed by atoms with Crippen LogP contribution in [0, 0.1) is 11.8 Å². The number of para-hydroxylation sites is 1. The molecule has 1 atom stereocenters. The van der Waals surface area contributed by atoms with E-state index in [1.54, 1.807) is 19.2 Å². The Hall–Kier alpha value is -3.22. The van der Waals surface area contributed by atoms with Crippen molar-refractivity contribution in [3.8, 4) is 11.8 Å². The van der Waals surface area contributed by atoms with E-state index in [0.717, 1.165) is 0 Å². The zero-order valence-corrected chi connectivity index (χ0v) is 21.4. The van der Waals surface area contributed by atoms with Crippen LogP contribution in [0.5, 0.6) is 0 Å². The van der Waals surface area contributed by atoms with E-state index < -0.39 is 11.6 Å². The standard InChI is InChI=1S/C27H34N2O7/c1-27(2,3)36-24(32)11-7-15-35-17-16-34-14-6-9-19-8-5-10-22-25(19)28(4)26(33)29(22)21-13-12-20(30)18-23(21)31/h5,8,10,21H,7,11-18H2,1-4H3. The van der Waals surface area contributed by atoms with Crippen LogP contribution in [0.4, 0.5) is 0 Å². The largest absolute Gasteiger partial charge is 0.460 e. The molecule has 1 aromatic heterocycles. The van der Waals surface area contributed by atoms with Gasteiger partial charge in [-0.05, 0) is 45.7 Å². The molecule has 9 nitrogen and oxygen atoms in total. The average Bonchev–Trinajstić information content (AvgIpc) is 3.05. The molecular formula is C27H34N2O7. The third-order valence-corrected chi connectivity index (χ3v) is 5.71. The average molecular weight is 499 g/mol. The summed E-state index contributed by atoms with van der Waals surface area (Å²) in [6, 6.07) is 4.78. The van der Waals surface area contributed by atoms with Crippen LogP contribution in [0.3, 0.4) is 0 Å². The van der Waals surface area contributed by atoms with Gasteiger partial charge in [0.25, 0.3) is 0 Å². The predicted octanol–water partition coefficient (Wildman–Crippen LogP) is 2.71. The first-order chi connectivity index (χ1) is 17.1. The number of fused-ring (bicyclic) bond motifs is 1. The Morgan fingerprint density at radius 3 is 2.58 bits per heavy atom. The van der Waals surface area contributed by atoms with Gasteiger partial charge in [0.05, 0.1) is 42.3 Å². The van der Waals surface area contributed by atoms with Gasteiger partial charge in [0.1, 0.15) is 18.0 Å². The third-order valence-electron chi connectivity index (χ3n) is 5.71. The van der Waals surface area contributed by atoms with Crippen molar-refractivity contribution in [3.05, 3.63) is 34.2 Å². The summed E-state index contributed by atoms with van der Waals surface area (Å²) < 4.78 is 19.2. The highest BCUT2D eigenvalue weighted by Gasteiger charge is 2.31. The van der Waals surface area contributed by atoms with Crippen molar-refractivity contribution < 1.29 is 28.6 Å². The molecule has 194 valence electrons. The van der Waals surface area contributed by atoms with Crippen molar-refractivity contribution in [2.45, 2.75) is 64.5 Å². The number of imidazole rings is 1. The molecule has 1 aromatic carbocycles. The summed E-state index contributed by atoms with van der Waals surface area (Å²) >= 11 is 0. The highest BCUT2D eigenvalue weighted by atomic mass is 16.6. The summed E-state index contributed by atoms with van der Waals surface area (Å²) in [6.07, 6.45) is 1.40. The van der Waals surface area contributed by atoms with Crippen LogP contribution >= 0.6 is 0 Å². The van der Waals surface area contributed by atoms with E-state index in [9.17, 15) is 19.2 Å². The predicted molar refractivity (Wildman–Crippen MR) is 134 cm³/mol. The quantitative estimate of drug-likeness (QED) is 0.227. The lowest BCUT2D eigenvalue weighted by Gasteiger charge is -2.21. The lowest BCUT2D eigenvalue weighted by molar-refractivity contribution is -0.155. The number of nitrogens with zero attached hydrogens (tertiary/aromatic N) is 2. The van der Waals surface area contributed by atoms with Gasteiger partial charge in [-0.2, -0.15) is 0 Å². The Labute approximate surface area is 210 Å². The van der Waals surface area contributed by atoms with E-state index in [0.29, 0.717) is 62.1 Å². The van der Waals surface area contributed by atoms with Crippen molar-refractivity contribution in [1.82, 2.24) is 9.13 Å². The Morgan fingerprint density at radius 1 is 1.11 bits per heavy atom. The Bertz CT molecular complexity index is 1240. The fourth-order valence-corrected chi connectivity index (χ4v) is 4.16. The summed E-state index contributed by atoms with van der Waals surface area (Å²) in [5, 5.41) is 0. The van der Waals surface area contributed by atoms with Gasteiger partial charge in [0, 0.05) is 26.5 Å². The second kappa shape index (κ2) is 12.2. The molecule has 2 aromatic rings.